The quantitative estimate of drug-likeness (QED) is 0.846. The number of aliphatic hydroxyl groups is 1. The summed E-state index contributed by atoms with van der Waals surface area (Å²) in [7, 11) is 1.78. The molecule has 0 spiro atoms. The highest BCUT2D eigenvalue weighted by Gasteiger charge is 2.18. The van der Waals surface area contributed by atoms with Crippen LogP contribution in [0.2, 0.25) is 5.02 Å². The standard InChI is InChI=1S/C12H19ClN2O2/c1-8(2)10(4-5-16)14-12(17)11-6-9(13)7-15(11)3/h6-8,10,16H,4-5H2,1-3H3,(H,14,17). The highest BCUT2D eigenvalue weighted by atomic mass is 35.5. The van der Waals surface area contributed by atoms with Gasteiger partial charge in [-0.2, -0.15) is 0 Å². The Labute approximate surface area is 107 Å². The maximum atomic E-state index is 12.0. The van der Waals surface area contributed by atoms with E-state index in [-0.39, 0.29) is 24.5 Å². The van der Waals surface area contributed by atoms with E-state index in [0.717, 1.165) is 0 Å². The summed E-state index contributed by atoms with van der Waals surface area (Å²) in [5.74, 6) is 0.119. The second-order valence-electron chi connectivity index (χ2n) is 4.49. The number of aliphatic hydroxyl groups excluding tert-OH is 1. The van der Waals surface area contributed by atoms with Gasteiger partial charge in [0.05, 0.1) is 5.02 Å². The lowest BCUT2D eigenvalue weighted by molar-refractivity contribution is 0.0908. The normalized spacial score (nSPS) is 12.8. The number of hydrogen-bond acceptors (Lipinski definition) is 2. The van der Waals surface area contributed by atoms with Crippen molar-refractivity contribution < 1.29 is 9.90 Å². The lowest BCUT2D eigenvalue weighted by Crippen LogP contribution is -2.39. The lowest BCUT2D eigenvalue weighted by atomic mass is 10.0. The first-order valence-electron chi connectivity index (χ1n) is 5.69. The van der Waals surface area contributed by atoms with Gasteiger partial charge < -0.3 is 15.0 Å². The van der Waals surface area contributed by atoms with Crippen LogP contribution in [0, 0.1) is 5.92 Å². The van der Waals surface area contributed by atoms with Crippen LogP contribution in [0.4, 0.5) is 0 Å². The third kappa shape index (κ3) is 3.75. The van der Waals surface area contributed by atoms with Gasteiger partial charge in [0.15, 0.2) is 0 Å². The lowest BCUT2D eigenvalue weighted by Gasteiger charge is -2.21. The van der Waals surface area contributed by atoms with E-state index in [1.54, 1.807) is 23.9 Å². The molecule has 0 saturated carbocycles. The van der Waals surface area contributed by atoms with Crippen LogP contribution < -0.4 is 5.32 Å². The topological polar surface area (TPSA) is 54.3 Å². The van der Waals surface area contributed by atoms with Crippen LogP contribution in [0.1, 0.15) is 30.8 Å². The summed E-state index contributed by atoms with van der Waals surface area (Å²) in [5, 5.41) is 12.4. The van der Waals surface area contributed by atoms with Gasteiger partial charge in [0.1, 0.15) is 5.69 Å². The van der Waals surface area contributed by atoms with Crippen molar-refractivity contribution in [2.75, 3.05) is 6.61 Å². The summed E-state index contributed by atoms with van der Waals surface area (Å²) in [6, 6.07) is 1.61. The fraction of sp³-hybridized carbons (Fsp3) is 0.583. The number of carbonyl (C=O) groups is 1. The third-order valence-electron chi connectivity index (χ3n) is 2.77. The van der Waals surface area contributed by atoms with Crippen LogP contribution >= 0.6 is 11.6 Å². The molecule has 0 aliphatic heterocycles. The summed E-state index contributed by atoms with van der Waals surface area (Å²) in [6.07, 6.45) is 2.24. The molecule has 1 heterocycles. The molecule has 5 heteroatoms. The molecule has 0 bridgehead atoms. The van der Waals surface area contributed by atoms with Gasteiger partial charge in [-0.05, 0) is 18.4 Å². The summed E-state index contributed by atoms with van der Waals surface area (Å²) in [4.78, 5) is 12.0. The minimum absolute atomic E-state index is 0.0267. The van der Waals surface area contributed by atoms with E-state index in [2.05, 4.69) is 5.32 Å². The fourth-order valence-electron chi connectivity index (χ4n) is 1.70. The SMILES string of the molecule is CC(C)C(CCO)NC(=O)c1cc(Cl)cn1C. The van der Waals surface area contributed by atoms with E-state index in [0.29, 0.717) is 17.1 Å². The van der Waals surface area contributed by atoms with Gasteiger partial charge in [-0.15, -0.1) is 0 Å². The van der Waals surface area contributed by atoms with Gasteiger partial charge >= 0.3 is 0 Å². The molecular weight excluding hydrogens is 240 g/mol. The summed E-state index contributed by atoms with van der Waals surface area (Å²) in [5.41, 5.74) is 0.526. The average molecular weight is 259 g/mol. The molecule has 17 heavy (non-hydrogen) atoms. The van der Waals surface area contributed by atoms with Crippen molar-refractivity contribution in [1.82, 2.24) is 9.88 Å². The van der Waals surface area contributed by atoms with Crippen molar-refractivity contribution in [3.05, 3.63) is 23.0 Å². The summed E-state index contributed by atoms with van der Waals surface area (Å²) in [6.45, 7) is 4.09. The average Bonchev–Trinajstić information content (AvgIpc) is 2.57. The smallest absolute Gasteiger partial charge is 0.268 e. The van der Waals surface area contributed by atoms with Gasteiger partial charge in [0.25, 0.3) is 5.91 Å². The predicted octanol–water partition coefficient (Wildman–Crippen LogP) is 1.82. The van der Waals surface area contributed by atoms with Gasteiger partial charge in [-0.1, -0.05) is 25.4 Å². The first-order chi connectivity index (χ1) is 7.95. The number of halogens is 1. The van der Waals surface area contributed by atoms with Gasteiger partial charge in [-0.25, -0.2) is 0 Å². The summed E-state index contributed by atoms with van der Waals surface area (Å²) < 4.78 is 1.69. The van der Waals surface area contributed by atoms with E-state index < -0.39 is 0 Å². The molecule has 1 rings (SSSR count). The molecule has 2 N–H and O–H groups in total. The molecule has 0 aliphatic rings. The second-order valence-corrected chi connectivity index (χ2v) is 4.93. The number of amides is 1. The van der Waals surface area contributed by atoms with E-state index in [9.17, 15) is 4.79 Å². The number of carbonyl (C=O) groups excluding carboxylic acids is 1. The van der Waals surface area contributed by atoms with Crippen LogP contribution in [0.3, 0.4) is 0 Å². The zero-order chi connectivity index (χ0) is 13.0. The molecule has 0 saturated heterocycles. The Hall–Kier alpha value is -1.00. The van der Waals surface area contributed by atoms with Crippen LogP contribution in [0.25, 0.3) is 0 Å². The van der Waals surface area contributed by atoms with E-state index >= 15 is 0 Å². The first kappa shape index (κ1) is 14.1. The maximum Gasteiger partial charge on any atom is 0.268 e. The molecule has 0 aliphatic carbocycles. The highest BCUT2D eigenvalue weighted by Crippen LogP contribution is 2.14. The summed E-state index contributed by atoms with van der Waals surface area (Å²) >= 11 is 5.83. The monoisotopic (exact) mass is 258 g/mol. The van der Waals surface area contributed by atoms with Crippen molar-refractivity contribution >= 4 is 17.5 Å². The van der Waals surface area contributed by atoms with Crippen molar-refractivity contribution in [2.45, 2.75) is 26.3 Å². The molecule has 4 nitrogen and oxygen atoms in total. The van der Waals surface area contributed by atoms with Crippen LogP contribution in [0.5, 0.6) is 0 Å². The zero-order valence-electron chi connectivity index (χ0n) is 10.4. The Bertz CT molecular complexity index is 388. The van der Waals surface area contributed by atoms with E-state index in [1.165, 1.54) is 0 Å². The fourth-order valence-corrected chi connectivity index (χ4v) is 1.95. The Kier molecular flexibility index (Phi) is 5.02. The van der Waals surface area contributed by atoms with Gasteiger partial charge in [0.2, 0.25) is 0 Å². The molecule has 1 aromatic heterocycles. The Morgan fingerprint density at radius 3 is 2.65 bits per heavy atom. The number of rotatable bonds is 5. The highest BCUT2D eigenvalue weighted by molar-refractivity contribution is 6.31. The number of nitrogens with zero attached hydrogens (tertiary/aromatic N) is 1. The molecule has 1 unspecified atom stereocenters. The van der Waals surface area contributed by atoms with Crippen LogP contribution in [-0.2, 0) is 7.05 Å². The van der Waals surface area contributed by atoms with Gasteiger partial charge in [0, 0.05) is 25.9 Å². The maximum absolute atomic E-state index is 12.0. The van der Waals surface area contributed by atoms with Crippen molar-refractivity contribution in [2.24, 2.45) is 13.0 Å². The van der Waals surface area contributed by atoms with Crippen LogP contribution in [0.15, 0.2) is 12.3 Å². The Morgan fingerprint density at radius 2 is 2.24 bits per heavy atom. The minimum Gasteiger partial charge on any atom is -0.396 e. The van der Waals surface area contributed by atoms with Crippen molar-refractivity contribution in [3.63, 3.8) is 0 Å². The molecule has 0 fully saturated rings. The Balaban J connectivity index is 2.73. The van der Waals surface area contributed by atoms with Crippen LogP contribution in [-0.4, -0.2) is 28.2 Å². The predicted molar refractivity (Wildman–Crippen MR) is 68.2 cm³/mol. The molecule has 1 aromatic rings. The Morgan fingerprint density at radius 1 is 1.59 bits per heavy atom. The third-order valence-corrected chi connectivity index (χ3v) is 2.97. The van der Waals surface area contributed by atoms with Crippen molar-refractivity contribution in [3.8, 4) is 0 Å². The number of aryl methyl sites for hydroxylation is 1. The molecule has 1 atom stereocenters. The van der Waals surface area contributed by atoms with Crippen molar-refractivity contribution in [1.29, 1.82) is 0 Å². The molecular formula is C12H19ClN2O2. The van der Waals surface area contributed by atoms with Gasteiger partial charge in [-0.3, -0.25) is 4.79 Å². The molecule has 0 aromatic carbocycles. The number of aromatic nitrogens is 1. The zero-order valence-corrected chi connectivity index (χ0v) is 11.2. The first-order valence-corrected chi connectivity index (χ1v) is 6.07. The number of nitrogens with one attached hydrogen (secondary N) is 1. The molecule has 0 radical (unpaired) electrons. The minimum atomic E-state index is -0.161. The van der Waals surface area contributed by atoms with E-state index in [1.807, 2.05) is 13.8 Å². The second kappa shape index (κ2) is 6.07. The molecule has 1 amide bonds. The van der Waals surface area contributed by atoms with E-state index in [4.69, 9.17) is 16.7 Å². The number of hydrogen-bond donors (Lipinski definition) is 2. The largest absolute Gasteiger partial charge is 0.396 e. The molecule has 96 valence electrons.